The van der Waals surface area contributed by atoms with E-state index in [1.165, 1.54) is 0 Å². The van der Waals surface area contributed by atoms with Crippen molar-refractivity contribution >= 4 is 21.4 Å². The van der Waals surface area contributed by atoms with Gasteiger partial charge in [0, 0.05) is 23.9 Å². The van der Waals surface area contributed by atoms with Crippen LogP contribution < -0.4 is 5.32 Å². The summed E-state index contributed by atoms with van der Waals surface area (Å²) in [4.78, 5) is 0. The Hall–Kier alpha value is -0.580. The van der Waals surface area contributed by atoms with Crippen molar-refractivity contribution in [2.45, 2.75) is 13.5 Å². The van der Waals surface area contributed by atoms with Crippen molar-refractivity contribution in [2.24, 2.45) is 0 Å². The third-order valence-corrected chi connectivity index (χ3v) is 4.23. The first kappa shape index (κ1) is 13.5. The first-order chi connectivity index (χ1) is 7.53. The predicted molar refractivity (Wildman–Crippen MR) is 67.5 cm³/mol. The normalized spacial score (nSPS) is 11.6. The molecule has 0 unspecified atom stereocenters. The van der Waals surface area contributed by atoms with Crippen LogP contribution in [0.3, 0.4) is 0 Å². The average Bonchev–Trinajstić information content (AvgIpc) is 2.27. The van der Waals surface area contributed by atoms with Gasteiger partial charge in [-0.15, -0.1) is 0 Å². The highest BCUT2D eigenvalue weighted by atomic mass is 35.5. The molecule has 0 fully saturated rings. The highest BCUT2D eigenvalue weighted by Gasteiger charge is 2.05. The van der Waals surface area contributed by atoms with Gasteiger partial charge in [-0.1, -0.05) is 30.7 Å². The molecule has 16 heavy (non-hydrogen) atoms. The Morgan fingerprint density at radius 1 is 1.25 bits per heavy atom. The van der Waals surface area contributed by atoms with E-state index in [9.17, 15) is 8.42 Å². The van der Waals surface area contributed by atoms with Gasteiger partial charge in [0.15, 0.2) is 9.84 Å². The molecule has 0 heterocycles. The van der Waals surface area contributed by atoms with Gasteiger partial charge < -0.3 is 5.32 Å². The molecule has 3 nitrogen and oxygen atoms in total. The largest absolute Gasteiger partial charge is 0.312 e. The topological polar surface area (TPSA) is 46.2 Å². The number of hydrogen-bond acceptors (Lipinski definition) is 3. The van der Waals surface area contributed by atoms with Gasteiger partial charge in [-0.25, -0.2) is 8.42 Å². The molecule has 0 bridgehead atoms. The van der Waals surface area contributed by atoms with E-state index >= 15 is 0 Å². The molecule has 0 amide bonds. The predicted octanol–water partition coefficient (Wildman–Crippen LogP) is 1.86. The summed E-state index contributed by atoms with van der Waals surface area (Å²) in [5, 5.41) is 3.80. The van der Waals surface area contributed by atoms with Crippen molar-refractivity contribution in [3.63, 3.8) is 0 Å². The van der Waals surface area contributed by atoms with E-state index in [0.717, 1.165) is 5.56 Å². The summed E-state index contributed by atoms with van der Waals surface area (Å²) >= 11 is 5.75. The lowest BCUT2D eigenvalue weighted by atomic mass is 10.2. The van der Waals surface area contributed by atoms with Gasteiger partial charge in [-0.3, -0.25) is 0 Å². The molecule has 0 aliphatic carbocycles. The smallest absolute Gasteiger partial charge is 0.151 e. The van der Waals surface area contributed by atoms with E-state index in [1.807, 2.05) is 24.3 Å². The lowest BCUT2D eigenvalue weighted by Crippen LogP contribution is -2.23. The molecule has 0 spiro atoms. The Balaban J connectivity index is 2.29. The number of benzene rings is 1. The number of hydrogen-bond donors (Lipinski definition) is 1. The summed E-state index contributed by atoms with van der Waals surface area (Å²) in [6.45, 7) is 2.81. The Kier molecular flexibility index (Phi) is 5.25. The summed E-state index contributed by atoms with van der Waals surface area (Å²) in [5.74, 6) is 0.396. The van der Waals surface area contributed by atoms with Crippen LogP contribution in [0.4, 0.5) is 0 Å². The Labute approximate surface area is 102 Å². The fourth-order valence-corrected chi connectivity index (χ4v) is 2.08. The van der Waals surface area contributed by atoms with Gasteiger partial charge in [0.2, 0.25) is 0 Å². The lowest BCUT2D eigenvalue weighted by molar-refractivity contribution is 0.592. The van der Waals surface area contributed by atoms with E-state index in [0.29, 0.717) is 18.1 Å². The minimum Gasteiger partial charge on any atom is -0.312 e. The zero-order valence-electron chi connectivity index (χ0n) is 9.24. The van der Waals surface area contributed by atoms with Crippen LogP contribution in [0, 0.1) is 0 Å². The zero-order chi connectivity index (χ0) is 12.0. The second-order valence-corrected chi connectivity index (χ2v) is 6.45. The number of nitrogens with one attached hydrogen (secondary N) is 1. The van der Waals surface area contributed by atoms with Crippen LogP contribution in [0.25, 0.3) is 0 Å². The van der Waals surface area contributed by atoms with Crippen molar-refractivity contribution in [3.8, 4) is 0 Å². The van der Waals surface area contributed by atoms with E-state index < -0.39 is 9.84 Å². The maximum Gasteiger partial charge on any atom is 0.151 e. The molecule has 0 aromatic heterocycles. The van der Waals surface area contributed by atoms with Crippen molar-refractivity contribution < 1.29 is 8.42 Å². The fourth-order valence-electron chi connectivity index (χ4n) is 1.21. The fraction of sp³-hybridized carbons (Fsp3) is 0.455. The molecule has 0 radical (unpaired) electrons. The lowest BCUT2D eigenvalue weighted by Gasteiger charge is -2.05. The number of halogens is 1. The molecule has 0 aliphatic rings. The molecule has 1 N–H and O–H groups in total. The summed E-state index contributed by atoms with van der Waals surface area (Å²) in [5.41, 5.74) is 1.10. The van der Waals surface area contributed by atoms with Crippen molar-refractivity contribution in [1.82, 2.24) is 5.32 Å². The Bertz CT molecular complexity index is 414. The van der Waals surface area contributed by atoms with E-state index in [2.05, 4.69) is 5.32 Å². The molecule has 90 valence electrons. The molecule has 1 aromatic rings. The highest BCUT2D eigenvalue weighted by molar-refractivity contribution is 7.91. The number of rotatable bonds is 6. The van der Waals surface area contributed by atoms with Gasteiger partial charge in [0.05, 0.1) is 5.75 Å². The van der Waals surface area contributed by atoms with Crippen LogP contribution in [0.15, 0.2) is 24.3 Å². The Morgan fingerprint density at radius 3 is 2.44 bits per heavy atom. The SMILES string of the molecule is CCS(=O)(=O)CCNCc1ccc(Cl)cc1. The van der Waals surface area contributed by atoms with Crippen molar-refractivity contribution in [3.05, 3.63) is 34.9 Å². The monoisotopic (exact) mass is 261 g/mol. The molecule has 0 aliphatic heterocycles. The standard InChI is InChI=1S/C11H16ClNO2S/c1-2-16(14,15)8-7-13-9-10-3-5-11(12)6-4-10/h3-6,13H,2,7-9H2,1H3. The maximum atomic E-state index is 11.2. The van der Waals surface area contributed by atoms with Crippen molar-refractivity contribution in [1.29, 1.82) is 0 Å². The zero-order valence-corrected chi connectivity index (χ0v) is 10.8. The Morgan fingerprint density at radius 2 is 1.88 bits per heavy atom. The van der Waals surface area contributed by atoms with Gasteiger partial charge in [-0.05, 0) is 17.7 Å². The van der Waals surface area contributed by atoms with Crippen LogP contribution >= 0.6 is 11.6 Å². The van der Waals surface area contributed by atoms with E-state index in [4.69, 9.17) is 11.6 Å². The third-order valence-electron chi connectivity index (χ3n) is 2.27. The second-order valence-electron chi connectivity index (χ2n) is 3.54. The van der Waals surface area contributed by atoms with Crippen LogP contribution in [0.2, 0.25) is 5.02 Å². The molecular weight excluding hydrogens is 246 g/mol. The molecular formula is C11H16ClNO2S. The summed E-state index contributed by atoms with van der Waals surface area (Å²) < 4.78 is 22.4. The van der Waals surface area contributed by atoms with Gasteiger partial charge in [0.25, 0.3) is 0 Å². The minimum atomic E-state index is -2.86. The molecule has 1 rings (SSSR count). The van der Waals surface area contributed by atoms with Crippen molar-refractivity contribution in [2.75, 3.05) is 18.1 Å². The molecule has 1 aromatic carbocycles. The maximum absolute atomic E-state index is 11.2. The molecule has 0 saturated heterocycles. The van der Waals surface area contributed by atoms with Gasteiger partial charge in [-0.2, -0.15) is 0 Å². The first-order valence-corrected chi connectivity index (χ1v) is 7.39. The van der Waals surface area contributed by atoms with Crippen LogP contribution in [0.1, 0.15) is 12.5 Å². The third kappa shape index (κ3) is 4.96. The minimum absolute atomic E-state index is 0.192. The van der Waals surface area contributed by atoms with Gasteiger partial charge in [0.1, 0.15) is 0 Å². The summed E-state index contributed by atoms with van der Waals surface area (Å²) in [6, 6.07) is 7.48. The number of sulfone groups is 1. The van der Waals surface area contributed by atoms with Gasteiger partial charge >= 0.3 is 0 Å². The first-order valence-electron chi connectivity index (χ1n) is 5.19. The molecule has 5 heteroatoms. The van der Waals surface area contributed by atoms with Crippen LogP contribution in [0.5, 0.6) is 0 Å². The quantitative estimate of drug-likeness (QED) is 0.796. The average molecular weight is 262 g/mol. The van der Waals surface area contributed by atoms with E-state index in [-0.39, 0.29) is 11.5 Å². The molecule has 0 saturated carbocycles. The van der Waals surface area contributed by atoms with E-state index in [1.54, 1.807) is 6.92 Å². The van der Waals surface area contributed by atoms with Crippen LogP contribution in [-0.4, -0.2) is 26.5 Å². The summed E-state index contributed by atoms with van der Waals surface area (Å²) in [7, 11) is -2.86. The molecule has 0 atom stereocenters. The van der Waals surface area contributed by atoms with Crippen LogP contribution in [-0.2, 0) is 16.4 Å². The summed E-state index contributed by atoms with van der Waals surface area (Å²) in [6.07, 6.45) is 0. The second kappa shape index (κ2) is 6.23. The highest BCUT2D eigenvalue weighted by Crippen LogP contribution is 2.08.